The van der Waals surface area contributed by atoms with Crippen LogP contribution in [0.4, 0.5) is 10.2 Å². The Morgan fingerprint density at radius 3 is 2.52 bits per heavy atom. The van der Waals surface area contributed by atoms with E-state index in [0.717, 1.165) is 18.4 Å². The lowest BCUT2D eigenvalue weighted by Crippen LogP contribution is -2.40. The molecule has 0 unspecified atom stereocenters. The fourth-order valence-electron chi connectivity index (χ4n) is 3.35. The smallest absolute Gasteiger partial charge is 0.343 e. The third-order valence-electron chi connectivity index (χ3n) is 4.97. The summed E-state index contributed by atoms with van der Waals surface area (Å²) in [4.78, 5) is 16.1. The van der Waals surface area contributed by atoms with E-state index in [1.54, 1.807) is 12.1 Å². The van der Waals surface area contributed by atoms with Crippen molar-refractivity contribution in [1.29, 1.82) is 0 Å². The fourth-order valence-corrected chi connectivity index (χ4v) is 3.35. The predicted octanol–water partition coefficient (Wildman–Crippen LogP) is 3.18. The van der Waals surface area contributed by atoms with Crippen LogP contribution in [0.2, 0.25) is 0 Å². The van der Waals surface area contributed by atoms with Crippen LogP contribution in [-0.4, -0.2) is 44.9 Å². The second kappa shape index (κ2) is 8.35. The van der Waals surface area contributed by atoms with E-state index >= 15 is 0 Å². The fraction of sp³-hybridized carbons (Fsp3) is 0.400. The van der Waals surface area contributed by atoms with Gasteiger partial charge in [0, 0.05) is 25.2 Å². The minimum absolute atomic E-state index is 0.179. The van der Waals surface area contributed by atoms with E-state index in [0.29, 0.717) is 25.6 Å². The van der Waals surface area contributed by atoms with E-state index < -0.39 is 5.97 Å². The Hall–Kier alpha value is -2.67. The summed E-state index contributed by atoms with van der Waals surface area (Å²) >= 11 is 0. The van der Waals surface area contributed by atoms with E-state index in [9.17, 15) is 9.18 Å². The number of nitrogens with zero attached hydrogens (tertiary/aromatic N) is 1. The first kappa shape index (κ1) is 19.1. The number of nitrogens with one attached hydrogen (secondary N) is 1. The molecule has 6 nitrogen and oxygen atoms in total. The van der Waals surface area contributed by atoms with Crippen LogP contribution in [-0.2, 0) is 14.9 Å². The van der Waals surface area contributed by atoms with Gasteiger partial charge in [-0.2, -0.15) is 4.98 Å². The summed E-state index contributed by atoms with van der Waals surface area (Å²) in [5.41, 5.74) is 1.16. The molecule has 0 radical (unpaired) electrons. The average molecular weight is 374 g/mol. The molecule has 0 saturated carbocycles. The number of pyridine rings is 1. The molecule has 1 fully saturated rings. The average Bonchev–Trinajstić information content (AvgIpc) is 2.72. The van der Waals surface area contributed by atoms with Crippen LogP contribution in [0.3, 0.4) is 0 Å². The Morgan fingerprint density at radius 1 is 1.19 bits per heavy atom. The minimum atomic E-state index is -0.502. The summed E-state index contributed by atoms with van der Waals surface area (Å²) in [7, 11) is 2.77. The second-order valence-electron chi connectivity index (χ2n) is 6.50. The monoisotopic (exact) mass is 374 g/mol. The first-order valence-electron chi connectivity index (χ1n) is 8.79. The highest BCUT2D eigenvalue weighted by molar-refractivity contribution is 5.92. The van der Waals surface area contributed by atoms with Crippen molar-refractivity contribution < 1.29 is 23.4 Å². The van der Waals surface area contributed by atoms with Crippen molar-refractivity contribution in [2.45, 2.75) is 18.3 Å². The van der Waals surface area contributed by atoms with Crippen LogP contribution in [0.5, 0.6) is 5.88 Å². The number of carbonyl (C=O) groups excluding carboxylic acids is 1. The number of esters is 1. The standard InChI is InChI=1S/C20H23FN2O4/c1-25-18-16(19(24)26-2)7-8-17(23-18)22-13-20(9-11-27-12-10-20)14-3-5-15(21)6-4-14/h3-8H,9-13H2,1-2H3,(H,22,23). The molecule has 27 heavy (non-hydrogen) atoms. The van der Waals surface area contributed by atoms with Gasteiger partial charge in [0.15, 0.2) is 0 Å². The van der Waals surface area contributed by atoms with Gasteiger partial charge in [-0.05, 0) is 42.7 Å². The molecule has 2 heterocycles. The van der Waals surface area contributed by atoms with Gasteiger partial charge in [0.1, 0.15) is 17.2 Å². The van der Waals surface area contributed by atoms with Crippen molar-refractivity contribution >= 4 is 11.8 Å². The summed E-state index contributed by atoms with van der Waals surface area (Å²) in [6.07, 6.45) is 1.64. The second-order valence-corrected chi connectivity index (χ2v) is 6.50. The molecular weight excluding hydrogens is 351 g/mol. The molecule has 1 aliphatic heterocycles. The quantitative estimate of drug-likeness (QED) is 0.784. The zero-order valence-corrected chi connectivity index (χ0v) is 15.5. The van der Waals surface area contributed by atoms with E-state index in [1.807, 2.05) is 12.1 Å². The minimum Gasteiger partial charge on any atom is -0.480 e. The Bertz CT molecular complexity index is 789. The van der Waals surface area contributed by atoms with Gasteiger partial charge in [0.25, 0.3) is 0 Å². The number of methoxy groups -OCH3 is 2. The van der Waals surface area contributed by atoms with Crippen molar-refractivity contribution in [3.63, 3.8) is 0 Å². The molecule has 0 aliphatic carbocycles. The highest BCUT2D eigenvalue weighted by Crippen LogP contribution is 2.35. The summed E-state index contributed by atoms with van der Waals surface area (Å²) in [6.45, 7) is 1.91. The Balaban J connectivity index is 1.81. The number of hydrogen-bond acceptors (Lipinski definition) is 6. The van der Waals surface area contributed by atoms with Crippen LogP contribution in [0, 0.1) is 5.82 Å². The van der Waals surface area contributed by atoms with Crippen molar-refractivity contribution in [3.05, 3.63) is 53.3 Å². The molecule has 0 amide bonds. The number of anilines is 1. The number of halogens is 1. The number of aromatic nitrogens is 1. The molecule has 1 N–H and O–H groups in total. The van der Waals surface area contributed by atoms with E-state index in [4.69, 9.17) is 14.2 Å². The maximum absolute atomic E-state index is 13.3. The van der Waals surface area contributed by atoms with E-state index in [2.05, 4.69) is 10.3 Å². The molecule has 144 valence electrons. The first-order chi connectivity index (χ1) is 13.1. The van der Waals surface area contributed by atoms with E-state index in [-0.39, 0.29) is 22.7 Å². The highest BCUT2D eigenvalue weighted by atomic mass is 19.1. The van der Waals surface area contributed by atoms with Crippen LogP contribution in [0.25, 0.3) is 0 Å². The summed E-state index contributed by atoms with van der Waals surface area (Å²) in [5.74, 6) is 0.0407. The summed E-state index contributed by atoms with van der Waals surface area (Å²) in [5, 5.41) is 3.33. The molecule has 0 atom stereocenters. The predicted molar refractivity (Wildman–Crippen MR) is 98.7 cm³/mol. The molecule has 1 aliphatic rings. The topological polar surface area (TPSA) is 69.7 Å². The largest absolute Gasteiger partial charge is 0.480 e. The van der Waals surface area contributed by atoms with Crippen molar-refractivity contribution in [1.82, 2.24) is 4.98 Å². The van der Waals surface area contributed by atoms with Crippen LogP contribution < -0.4 is 10.1 Å². The van der Waals surface area contributed by atoms with E-state index in [1.165, 1.54) is 26.4 Å². The van der Waals surface area contributed by atoms with Gasteiger partial charge in [-0.15, -0.1) is 0 Å². The molecule has 0 spiro atoms. The molecule has 1 saturated heterocycles. The normalized spacial score (nSPS) is 15.8. The van der Waals surface area contributed by atoms with Crippen LogP contribution >= 0.6 is 0 Å². The molecular formula is C20H23FN2O4. The lowest BCUT2D eigenvalue weighted by Gasteiger charge is -2.38. The van der Waals surface area contributed by atoms with Gasteiger partial charge < -0.3 is 19.5 Å². The van der Waals surface area contributed by atoms with Crippen molar-refractivity contribution in [2.75, 3.05) is 39.3 Å². The maximum Gasteiger partial charge on any atom is 0.343 e. The van der Waals surface area contributed by atoms with Crippen molar-refractivity contribution in [3.8, 4) is 5.88 Å². The Labute approximate surface area is 157 Å². The van der Waals surface area contributed by atoms with Gasteiger partial charge in [-0.3, -0.25) is 0 Å². The zero-order chi connectivity index (χ0) is 19.3. The number of carbonyl (C=O) groups is 1. The molecule has 2 aromatic rings. The highest BCUT2D eigenvalue weighted by Gasteiger charge is 2.34. The first-order valence-corrected chi connectivity index (χ1v) is 8.79. The number of rotatable bonds is 6. The van der Waals surface area contributed by atoms with Gasteiger partial charge >= 0.3 is 5.97 Å². The molecule has 3 rings (SSSR count). The summed E-state index contributed by atoms with van der Waals surface area (Å²) < 4.78 is 28.8. The van der Waals surface area contributed by atoms with Gasteiger partial charge in [0.2, 0.25) is 5.88 Å². The van der Waals surface area contributed by atoms with Gasteiger partial charge in [-0.1, -0.05) is 12.1 Å². The zero-order valence-electron chi connectivity index (χ0n) is 15.5. The lowest BCUT2D eigenvalue weighted by atomic mass is 9.74. The van der Waals surface area contributed by atoms with Crippen molar-refractivity contribution in [2.24, 2.45) is 0 Å². The third kappa shape index (κ3) is 4.19. The van der Waals surface area contributed by atoms with Gasteiger partial charge in [0.05, 0.1) is 14.2 Å². The van der Waals surface area contributed by atoms with Gasteiger partial charge in [-0.25, -0.2) is 9.18 Å². The molecule has 7 heteroatoms. The molecule has 1 aromatic carbocycles. The number of hydrogen-bond donors (Lipinski definition) is 1. The Morgan fingerprint density at radius 2 is 1.89 bits per heavy atom. The SMILES string of the molecule is COC(=O)c1ccc(NCC2(c3ccc(F)cc3)CCOCC2)nc1OC. The number of ether oxygens (including phenoxy) is 3. The van der Waals surface area contributed by atoms with Crippen LogP contribution in [0.1, 0.15) is 28.8 Å². The number of benzene rings is 1. The third-order valence-corrected chi connectivity index (χ3v) is 4.97. The van der Waals surface area contributed by atoms with Crippen LogP contribution in [0.15, 0.2) is 36.4 Å². The maximum atomic E-state index is 13.3. The lowest BCUT2D eigenvalue weighted by molar-refractivity contribution is 0.0543. The Kier molecular flexibility index (Phi) is 5.91. The summed E-state index contributed by atoms with van der Waals surface area (Å²) in [6, 6.07) is 9.96. The molecule has 1 aromatic heterocycles. The molecule has 0 bridgehead atoms.